The van der Waals surface area contributed by atoms with Crippen LogP contribution in [0.5, 0.6) is 5.75 Å². The quantitative estimate of drug-likeness (QED) is 0.729. The summed E-state index contributed by atoms with van der Waals surface area (Å²) in [6.45, 7) is 6.36. The van der Waals surface area contributed by atoms with Crippen molar-refractivity contribution in [3.63, 3.8) is 0 Å². The topological polar surface area (TPSA) is 22.1 Å². The molecular formula is C15H15NO. The lowest BCUT2D eigenvalue weighted by molar-refractivity contribution is 0.311. The first-order chi connectivity index (χ1) is 8.34. The molecule has 0 spiro atoms. The van der Waals surface area contributed by atoms with Gasteiger partial charge in [-0.15, -0.1) is 0 Å². The van der Waals surface area contributed by atoms with E-state index in [2.05, 4.69) is 11.1 Å². The molecule has 0 saturated carbocycles. The molecule has 86 valence electrons. The molecule has 0 bridgehead atoms. The van der Waals surface area contributed by atoms with Gasteiger partial charge in [0.15, 0.2) is 0 Å². The molecule has 1 aromatic heterocycles. The van der Waals surface area contributed by atoms with E-state index in [0.29, 0.717) is 6.61 Å². The number of nitrogens with zero attached hydrogens (tertiary/aromatic N) is 1. The summed E-state index contributed by atoms with van der Waals surface area (Å²) in [6.07, 6.45) is 5.63. The number of rotatable bonds is 5. The predicted octanol–water partition coefficient (Wildman–Crippen LogP) is 3.15. The monoisotopic (exact) mass is 225 g/mol. The summed E-state index contributed by atoms with van der Waals surface area (Å²) in [6, 6.07) is 11.5. The fourth-order valence-electron chi connectivity index (χ4n) is 1.62. The maximum atomic E-state index is 5.67. The van der Waals surface area contributed by atoms with Crippen molar-refractivity contribution in [3.05, 3.63) is 66.8 Å². The van der Waals surface area contributed by atoms with Gasteiger partial charge in [-0.3, -0.25) is 4.98 Å². The number of aryl methyl sites for hydroxylation is 1. The van der Waals surface area contributed by atoms with E-state index in [4.69, 9.17) is 11.7 Å². The van der Waals surface area contributed by atoms with Crippen LogP contribution >= 0.6 is 0 Å². The van der Waals surface area contributed by atoms with Gasteiger partial charge >= 0.3 is 0 Å². The molecule has 0 aliphatic rings. The molecule has 0 atom stereocenters. The molecule has 2 rings (SSSR count). The summed E-state index contributed by atoms with van der Waals surface area (Å²) in [7, 11) is 0. The van der Waals surface area contributed by atoms with Crippen molar-refractivity contribution in [2.75, 3.05) is 6.61 Å². The lowest BCUT2D eigenvalue weighted by Crippen LogP contribution is -1.99. The number of benzene rings is 1. The lowest BCUT2D eigenvalue weighted by atomic mass is 10.2. The van der Waals surface area contributed by atoms with Gasteiger partial charge in [-0.1, -0.05) is 18.2 Å². The molecule has 2 radical (unpaired) electrons. The third-order valence-corrected chi connectivity index (χ3v) is 2.46. The maximum Gasteiger partial charge on any atom is 0.119 e. The molecule has 2 aromatic rings. The molecule has 0 unspecified atom stereocenters. The molecule has 0 aliphatic heterocycles. The van der Waals surface area contributed by atoms with Gasteiger partial charge in [-0.2, -0.15) is 0 Å². The number of pyridine rings is 1. The molecule has 0 amide bonds. The molecule has 2 heteroatoms. The predicted molar refractivity (Wildman–Crippen MR) is 67.9 cm³/mol. The summed E-state index contributed by atoms with van der Waals surface area (Å²) in [4.78, 5) is 4.08. The fourth-order valence-corrected chi connectivity index (χ4v) is 1.62. The van der Waals surface area contributed by atoms with Crippen LogP contribution in [-0.2, 0) is 6.42 Å². The fraction of sp³-hybridized carbons (Fsp3) is 0.200. The van der Waals surface area contributed by atoms with E-state index in [1.54, 1.807) is 6.20 Å². The van der Waals surface area contributed by atoms with Crippen LogP contribution in [0.25, 0.3) is 0 Å². The Morgan fingerprint density at radius 3 is 2.88 bits per heavy atom. The van der Waals surface area contributed by atoms with E-state index in [0.717, 1.165) is 24.2 Å². The lowest BCUT2D eigenvalue weighted by Gasteiger charge is -2.06. The van der Waals surface area contributed by atoms with Crippen LogP contribution in [0.15, 0.2) is 48.8 Å². The Kier molecular flexibility index (Phi) is 4.14. The molecule has 2 nitrogen and oxygen atoms in total. The Balaban J connectivity index is 1.73. The van der Waals surface area contributed by atoms with Gasteiger partial charge in [-0.05, 0) is 49.1 Å². The van der Waals surface area contributed by atoms with Gasteiger partial charge in [0, 0.05) is 12.4 Å². The Labute approximate surface area is 102 Å². The highest BCUT2D eigenvalue weighted by Gasteiger charge is 1.95. The minimum Gasteiger partial charge on any atom is -0.494 e. The van der Waals surface area contributed by atoms with Crippen molar-refractivity contribution in [1.82, 2.24) is 4.98 Å². The van der Waals surface area contributed by atoms with Crippen LogP contribution < -0.4 is 4.74 Å². The van der Waals surface area contributed by atoms with E-state index in [-0.39, 0.29) is 0 Å². The van der Waals surface area contributed by atoms with E-state index in [9.17, 15) is 0 Å². The minimum absolute atomic E-state index is 0.693. The third-order valence-electron chi connectivity index (χ3n) is 2.46. The third kappa shape index (κ3) is 3.91. The second kappa shape index (κ2) is 6.04. The maximum absolute atomic E-state index is 5.67. The molecule has 0 fully saturated rings. The van der Waals surface area contributed by atoms with E-state index in [1.807, 2.05) is 36.5 Å². The summed E-state index contributed by atoms with van der Waals surface area (Å²) in [5.41, 5.74) is 1.97. The van der Waals surface area contributed by atoms with Gasteiger partial charge in [0.05, 0.1) is 6.61 Å². The van der Waals surface area contributed by atoms with Crippen LogP contribution in [0.3, 0.4) is 0 Å². The first kappa shape index (κ1) is 11.6. The number of ether oxygens (including phenoxy) is 1. The SMILES string of the molecule is [CH]c1cccc(OCCCc2cccnc2)c1. The Bertz CT molecular complexity index is 453. The van der Waals surface area contributed by atoms with Crippen LogP contribution in [0.2, 0.25) is 0 Å². The minimum atomic E-state index is 0.693. The highest BCUT2D eigenvalue weighted by Crippen LogP contribution is 2.12. The highest BCUT2D eigenvalue weighted by atomic mass is 16.5. The van der Waals surface area contributed by atoms with Gasteiger partial charge in [0.2, 0.25) is 0 Å². The smallest absolute Gasteiger partial charge is 0.119 e. The zero-order valence-electron chi connectivity index (χ0n) is 9.67. The van der Waals surface area contributed by atoms with E-state index < -0.39 is 0 Å². The van der Waals surface area contributed by atoms with Gasteiger partial charge in [-0.25, -0.2) is 0 Å². The van der Waals surface area contributed by atoms with Crippen molar-refractivity contribution in [2.45, 2.75) is 12.8 Å². The molecule has 0 N–H and O–H groups in total. The Morgan fingerprint density at radius 2 is 2.12 bits per heavy atom. The van der Waals surface area contributed by atoms with Crippen molar-refractivity contribution >= 4 is 0 Å². The van der Waals surface area contributed by atoms with Crippen molar-refractivity contribution < 1.29 is 4.74 Å². The second-order valence-corrected chi connectivity index (χ2v) is 3.89. The molecule has 17 heavy (non-hydrogen) atoms. The average Bonchev–Trinajstić information content (AvgIpc) is 2.36. The molecule has 1 heterocycles. The first-order valence-corrected chi connectivity index (χ1v) is 5.72. The number of hydrogen-bond donors (Lipinski definition) is 0. The summed E-state index contributed by atoms with van der Waals surface area (Å²) < 4.78 is 5.61. The van der Waals surface area contributed by atoms with Crippen LogP contribution in [0.1, 0.15) is 17.5 Å². The normalized spacial score (nSPS) is 10.2. The van der Waals surface area contributed by atoms with E-state index in [1.165, 1.54) is 5.56 Å². The van der Waals surface area contributed by atoms with Gasteiger partial charge < -0.3 is 4.74 Å². The largest absolute Gasteiger partial charge is 0.494 e. The molecule has 0 saturated heterocycles. The van der Waals surface area contributed by atoms with E-state index >= 15 is 0 Å². The Hall–Kier alpha value is -1.83. The number of hydrogen-bond acceptors (Lipinski definition) is 2. The van der Waals surface area contributed by atoms with Crippen molar-refractivity contribution in [2.24, 2.45) is 0 Å². The first-order valence-electron chi connectivity index (χ1n) is 5.72. The van der Waals surface area contributed by atoms with Crippen LogP contribution in [-0.4, -0.2) is 11.6 Å². The molecule has 0 aliphatic carbocycles. The summed E-state index contributed by atoms with van der Waals surface area (Å²) >= 11 is 0. The number of aromatic nitrogens is 1. The zero-order chi connectivity index (χ0) is 11.9. The summed E-state index contributed by atoms with van der Waals surface area (Å²) in [5.74, 6) is 0.830. The summed E-state index contributed by atoms with van der Waals surface area (Å²) in [5, 5.41) is 0. The highest BCUT2D eigenvalue weighted by molar-refractivity contribution is 5.29. The van der Waals surface area contributed by atoms with Gasteiger partial charge in [0.1, 0.15) is 5.75 Å². The zero-order valence-corrected chi connectivity index (χ0v) is 9.67. The second-order valence-electron chi connectivity index (χ2n) is 3.89. The standard InChI is InChI=1S/C15H15NO/c1-13-5-2-8-15(11-13)17-10-4-7-14-6-3-9-16-12-14/h1-3,5-6,8-9,11-12H,4,7,10H2. The Morgan fingerprint density at radius 1 is 1.18 bits per heavy atom. The van der Waals surface area contributed by atoms with Crippen molar-refractivity contribution in [1.29, 1.82) is 0 Å². The van der Waals surface area contributed by atoms with Gasteiger partial charge in [0.25, 0.3) is 0 Å². The van der Waals surface area contributed by atoms with Crippen LogP contribution in [0.4, 0.5) is 0 Å². The van der Waals surface area contributed by atoms with Crippen LogP contribution in [0, 0.1) is 6.92 Å². The average molecular weight is 225 g/mol. The molecule has 1 aromatic carbocycles. The van der Waals surface area contributed by atoms with Crippen molar-refractivity contribution in [3.8, 4) is 5.75 Å². The molecular weight excluding hydrogens is 210 g/mol.